The molecule has 0 aliphatic rings. The number of anilines is 1. The third-order valence-electron chi connectivity index (χ3n) is 2.81. The molecule has 19 heavy (non-hydrogen) atoms. The fourth-order valence-electron chi connectivity index (χ4n) is 1.79. The predicted octanol–water partition coefficient (Wildman–Crippen LogP) is 4.35. The Kier molecular flexibility index (Phi) is 3.86. The molecule has 0 fully saturated rings. The van der Waals surface area contributed by atoms with Gasteiger partial charge in [0.1, 0.15) is 5.82 Å². The largest absolute Gasteiger partial charge is 0.321 e. The molecule has 4 heteroatoms. The van der Waals surface area contributed by atoms with Crippen molar-refractivity contribution < 1.29 is 9.18 Å². The number of carbonyl (C=O) groups excluding carboxylic acids is 1. The zero-order valence-corrected chi connectivity index (χ0v) is 11.4. The summed E-state index contributed by atoms with van der Waals surface area (Å²) in [5, 5.41) is 3.20. The standard InChI is InChI=1S/C15H13ClFNO/c1-9-3-6-14(13(16)7-9)18-15(19)12-5-4-11(17)8-10(12)2/h3-8H,1-2H3,(H,18,19). The number of hydrogen-bond donors (Lipinski definition) is 1. The fraction of sp³-hybridized carbons (Fsp3) is 0.133. The van der Waals surface area contributed by atoms with Gasteiger partial charge in [0.2, 0.25) is 0 Å². The Balaban J connectivity index is 2.25. The van der Waals surface area contributed by atoms with E-state index in [0.29, 0.717) is 21.8 Å². The van der Waals surface area contributed by atoms with Gasteiger partial charge < -0.3 is 5.32 Å². The molecule has 0 spiro atoms. The summed E-state index contributed by atoms with van der Waals surface area (Å²) in [7, 11) is 0. The molecule has 1 amide bonds. The summed E-state index contributed by atoms with van der Waals surface area (Å²) in [6.45, 7) is 3.61. The normalized spacial score (nSPS) is 10.3. The lowest BCUT2D eigenvalue weighted by Crippen LogP contribution is -2.13. The molecule has 0 aliphatic carbocycles. The summed E-state index contributed by atoms with van der Waals surface area (Å²) < 4.78 is 13.0. The molecule has 0 radical (unpaired) electrons. The van der Waals surface area contributed by atoms with Crippen molar-refractivity contribution in [2.45, 2.75) is 13.8 Å². The van der Waals surface area contributed by atoms with Crippen LogP contribution in [0.2, 0.25) is 5.02 Å². The van der Waals surface area contributed by atoms with E-state index in [4.69, 9.17) is 11.6 Å². The van der Waals surface area contributed by atoms with Gasteiger partial charge in [-0.2, -0.15) is 0 Å². The van der Waals surface area contributed by atoms with Crippen molar-refractivity contribution in [2.24, 2.45) is 0 Å². The molecule has 0 aromatic heterocycles. The quantitative estimate of drug-likeness (QED) is 0.869. The second-order valence-corrected chi connectivity index (χ2v) is 4.80. The van der Waals surface area contributed by atoms with Crippen LogP contribution in [0.15, 0.2) is 36.4 Å². The number of carbonyl (C=O) groups is 1. The van der Waals surface area contributed by atoms with E-state index in [-0.39, 0.29) is 11.7 Å². The van der Waals surface area contributed by atoms with Crippen LogP contribution in [-0.2, 0) is 0 Å². The van der Waals surface area contributed by atoms with Crippen LogP contribution < -0.4 is 5.32 Å². The molecule has 0 bridgehead atoms. The first kappa shape index (κ1) is 13.6. The minimum absolute atomic E-state index is 0.303. The highest BCUT2D eigenvalue weighted by atomic mass is 35.5. The third kappa shape index (κ3) is 3.12. The van der Waals surface area contributed by atoms with Gasteiger partial charge in [0.05, 0.1) is 10.7 Å². The van der Waals surface area contributed by atoms with E-state index in [9.17, 15) is 9.18 Å². The average Bonchev–Trinajstić information content (AvgIpc) is 2.32. The van der Waals surface area contributed by atoms with Crippen molar-refractivity contribution in [1.82, 2.24) is 0 Å². The van der Waals surface area contributed by atoms with Crippen molar-refractivity contribution in [3.05, 3.63) is 63.9 Å². The Morgan fingerprint density at radius 1 is 1.16 bits per heavy atom. The highest BCUT2D eigenvalue weighted by molar-refractivity contribution is 6.34. The first-order valence-corrected chi connectivity index (χ1v) is 6.19. The SMILES string of the molecule is Cc1ccc(NC(=O)c2ccc(F)cc2C)c(Cl)c1. The molecule has 1 N–H and O–H groups in total. The number of rotatable bonds is 2. The molecule has 0 unspecified atom stereocenters. The van der Waals surface area contributed by atoms with Crippen molar-refractivity contribution in [3.63, 3.8) is 0 Å². The van der Waals surface area contributed by atoms with Gasteiger partial charge in [0, 0.05) is 5.56 Å². The van der Waals surface area contributed by atoms with Crippen LogP contribution in [-0.4, -0.2) is 5.91 Å². The van der Waals surface area contributed by atoms with E-state index in [1.807, 2.05) is 13.0 Å². The lowest BCUT2D eigenvalue weighted by Gasteiger charge is -2.09. The topological polar surface area (TPSA) is 29.1 Å². The van der Waals surface area contributed by atoms with Gasteiger partial charge in [-0.25, -0.2) is 4.39 Å². The minimum Gasteiger partial charge on any atom is -0.321 e. The van der Waals surface area contributed by atoms with Crippen LogP contribution in [0.4, 0.5) is 10.1 Å². The smallest absolute Gasteiger partial charge is 0.255 e. The van der Waals surface area contributed by atoms with E-state index >= 15 is 0 Å². The molecule has 0 heterocycles. The summed E-state index contributed by atoms with van der Waals surface area (Å²) in [6, 6.07) is 9.43. The summed E-state index contributed by atoms with van der Waals surface area (Å²) in [4.78, 5) is 12.1. The average molecular weight is 278 g/mol. The Bertz CT molecular complexity index is 640. The molecular formula is C15H13ClFNO. The van der Waals surface area contributed by atoms with E-state index in [1.165, 1.54) is 18.2 Å². The van der Waals surface area contributed by atoms with Crippen LogP contribution in [0.25, 0.3) is 0 Å². The number of halogens is 2. The van der Waals surface area contributed by atoms with Crippen LogP contribution in [0.5, 0.6) is 0 Å². The summed E-state index contributed by atoms with van der Waals surface area (Å²) in [6.07, 6.45) is 0. The van der Waals surface area contributed by atoms with E-state index < -0.39 is 0 Å². The van der Waals surface area contributed by atoms with Crippen molar-refractivity contribution in [3.8, 4) is 0 Å². The number of amides is 1. The molecule has 98 valence electrons. The maximum absolute atomic E-state index is 13.0. The molecule has 2 nitrogen and oxygen atoms in total. The van der Waals surface area contributed by atoms with E-state index in [1.54, 1.807) is 19.1 Å². The summed E-state index contributed by atoms with van der Waals surface area (Å²) in [5.41, 5.74) is 2.57. The van der Waals surface area contributed by atoms with E-state index in [2.05, 4.69) is 5.32 Å². The minimum atomic E-state index is -0.359. The third-order valence-corrected chi connectivity index (χ3v) is 3.12. The van der Waals surface area contributed by atoms with Crippen LogP contribution in [0.1, 0.15) is 21.5 Å². The Labute approximate surface area is 116 Å². The number of aryl methyl sites for hydroxylation is 2. The van der Waals surface area contributed by atoms with Crippen molar-refractivity contribution in [1.29, 1.82) is 0 Å². The summed E-state index contributed by atoms with van der Waals surface area (Å²) in [5.74, 6) is -0.661. The van der Waals surface area contributed by atoms with Gasteiger partial charge in [0.15, 0.2) is 0 Å². The molecule has 0 aliphatic heterocycles. The van der Waals surface area contributed by atoms with Gasteiger partial charge in [0.25, 0.3) is 5.91 Å². The van der Waals surface area contributed by atoms with Gasteiger partial charge >= 0.3 is 0 Å². The zero-order valence-electron chi connectivity index (χ0n) is 10.6. The summed E-state index contributed by atoms with van der Waals surface area (Å²) >= 11 is 6.05. The van der Waals surface area contributed by atoms with Gasteiger partial charge in [-0.15, -0.1) is 0 Å². The molecule has 2 aromatic rings. The molecule has 0 atom stereocenters. The molecule has 2 aromatic carbocycles. The first-order chi connectivity index (χ1) is 8.97. The number of nitrogens with one attached hydrogen (secondary N) is 1. The van der Waals surface area contributed by atoms with Crippen LogP contribution in [0, 0.1) is 19.7 Å². The molecule has 0 saturated heterocycles. The number of hydrogen-bond acceptors (Lipinski definition) is 1. The van der Waals surface area contributed by atoms with Crippen LogP contribution >= 0.6 is 11.6 Å². The first-order valence-electron chi connectivity index (χ1n) is 5.81. The highest BCUT2D eigenvalue weighted by Crippen LogP contribution is 2.23. The predicted molar refractivity (Wildman–Crippen MR) is 75.3 cm³/mol. The monoisotopic (exact) mass is 277 g/mol. The van der Waals surface area contributed by atoms with Gasteiger partial charge in [-0.05, 0) is 55.3 Å². The molecular weight excluding hydrogens is 265 g/mol. The van der Waals surface area contributed by atoms with Crippen molar-refractivity contribution in [2.75, 3.05) is 5.32 Å². The molecule has 2 rings (SSSR count). The van der Waals surface area contributed by atoms with E-state index in [0.717, 1.165) is 5.56 Å². The lowest BCUT2D eigenvalue weighted by atomic mass is 10.1. The molecule has 0 saturated carbocycles. The van der Waals surface area contributed by atoms with Gasteiger partial charge in [-0.3, -0.25) is 4.79 Å². The second-order valence-electron chi connectivity index (χ2n) is 4.40. The zero-order chi connectivity index (χ0) is 14.0. The number of benzene rings is 2. The highest BCUT2D eigenvalue weighted by Gasteiger charge is 2.11. The van der Waals surface area contributed by atoms with Crippen LogP contribution in [0.3, 0.4) is 0 Å². The maximum atomic E-state index is 13.0. The maximum Gasteiger partial charge on any atom is 0.255 e. The fourth-order valence-corrected chi connectivity index (χ4v) is 2.08. The van der Waals surface area contributed by atoms with Crippen molar-refractivity contribution >= 4 is 23.2 Å². The van der Waals surface area contributed by atoms with Gasteiger partial charge in [-0.1, -0.05) is 17.7 Å². The second kappa shape index (κ2) is 5.41. The Morgan fingerprint density at radius 3 is 2.53 bits per heavy atom. The lowest BCUT2D eigenvalue weighted by molar-refractivity contribution is 0.102. The Morgan fingerprint density at radius 2 is 1.89 bits per heavy atom. The Hall–Kier alpha value is -1.87.